The van der Waals surface area contributed by atoms with Crippen molar-refractivity contribution in [3.05, 3.63) is 40.5 Å². The lowest BCUT2D eigenvalue weighted by molar-refractivity contribution is -0.151. The molecule has 1 aliphatic rings. The third-order valence-corrected chi connectivity index (χ3v) is 6.06. The number of amides is 1. The summed E-state index contributed by atoms with van der Waals surface area (Å²) in [5.41, 5.74) is 9.45. The van der Waals surface area contributed by atoms with Crippen molar-refractivity contribution in [1.82, 2.24) is 14.9 Å². The molecule has 1 amide bonds. The Balaban J connectivity index is 0.000000275. The molecule has 0 aliphatic heterocycles. The third-order valence-electron chi connectivity index (χ3n) is 4.87. The van der Waals surface area contributed by atoms with Gasteiger partial charge in [0.25, 0.3) is 0 Å². The molecule has 1 aromatic carbocycles. The number of benzene rings is 1. The number of nitrogens with two attached hydrogens (primary N) is 1. The lowest BCUT2D eigenvalue weighted by Crippen LogP contribution is -2.29. The summed E-state index contributed by atoms with van der Waals surface area (Å²) in [6, 6.07) is 5.59. The molecule has 1 aliphatic carbocycles. The van der Waals surface area contributed by atoms with E-state index < -0.39 is 12.7 Å². The summed E-state index contributed by atoms with van der Waals surface area (Å²) in [6.07, 6.45) is 3.47. The minimum atomic E-state index is -4.28. The van der Waals surface area contributed by atoms with Crippen LogP contribution in [0.3, 0.4) is 0 Å². The van der Waals surface area contributed by atoms with Gasteiger partial charge >= 0.3 is 6.18 Å². The maximum Gasteiger partial charge on any atom is 0.405 e. The summed E-state index contributed by atoms with van der Waals surface area (Å²) in [5.74, 6) is 0.843. The Morgan fingerprint density at radius 3 is 2.69 bits per heavy atom. The number of nitrogen functional groups attached to an aromatic ring is 1. The van der Waals surface area contributed by atoms with E-state index in [1.165, 1.54) is 29.5 Å². The number of alkyl halides is 3. The highest BCUT2D eigenvalue weighted by Crippen LogP contribution is 2.38. The number of hydrogen-bond acceptors (Lipinski definition) is 7. The Labute approximate surface area is 187 Å². The SMILES string of the molecule is CN(C=O)CC(F)(F)F.N=Cc1cc(Nc2ncnc3sc4c(c23)CCCC4)ccc1N. The second kappa shape index (κ2) is 9.94. The highest BCUT2D eigenvalue weighted by Gasteiger charge is 2.28. The van der Waals surface area contributed by atoms with Gasteiger partial charge in [-0.25, -0.2) is 9.97 Å². The van der Waals surface area contributed by atoms with E-state index in [1.54, 1.807) is 17.7 Å². The lowest BCUT2D eigenvalue weighted by Gasteiger charge is -2.13. The van der Waals surface area contributed by atoms with Crippen molar-refractivity contribution in [3.8, 4) is 0 Å². The number of aromatic nitrogens is 2. The standard InChI is InChI=1S/C17H17N5S.C4H6F3NO/c18-8-10-7-11(5-6-13(10)19)22-16-15-12-3-1-2-4-14(12)23-17(15)21-9-20-16;1-8(3-9)2-4(5,6)7/h5-9,18H,1-4,19H2,(H,20,21,22);3H,2H2,1H3. The zero-order chi connectivity index (χ0) is 23.3. The molecule has 7 nitrogen and oxygen atoms in total. The number of anilines is 3. The topological polar surface area (TPSA) is 108 Å². The number of aryl methyl sites for hydroxylation is 2. The third kappa shape index (κ3) is 5.72. The highest BCUT2D eigenvalue weighted by molar-refractivity contribution is 7.19. The molecule has 0 saturated heterocycles. The quantitative estimate of drug-likeness (QED) is 0.292. The van der Waals surface area contributed by atoms with Gasteiger partial charge in [-0.15, -0.1) is 11.3 Å². The molecule has 0 saturated carbocycles. The fraction of sp³-hybridized carbons (Fsp3) is 0.333. The van der Waals surface area contributed by atoms with Crippen LogP contribution in [0.15, 0.2) is 24.5 Å². The van der Waals surface area contributed by atoms with Gasteiger partial charge in [-0.2, -0.15) is 13.2 Å². The van der Waals surface area contributed by atoms with Gasteiger partial charge in [0.1, 0.15) is 23.5 Å². The first-order valence-electron chi connectivity index (χ1n) is 9.86. The van der Waals surface area contributed by atoms with Crippen LogP contribution in [-0.4, -0.2) is 47.3 Å². The lowest BCUT2D eigenvalue weighted by atomic mass is 9.97. The number of nitrogens with zero attached hydrogens (tertiary/aromatic N) is 3. The van der Waals surface area contributed by atoms with Gasteiger partial charge in [-0.05, 0) is 49.4 Å². The molecule has 2 aromatic heterocycles. The molecule has 0 fully saturated rings. The normalized spacial score (nSPS) is 13.0. The molecule has 4 rings (SSSR count). The molecule has 3 aromatic rings. The summed E-state index contributed by atoms with van der Waals surface area (Å²) in [4.78, 5) is 21.5. The van der Waals surface area contributed by atoms with Crippen molar-refractivity contribution in [2.45, 2.75) is 31.9 Å². The number of carbonyl (C=O) groups excluding carboxylic acids is 1. The Bertz CT molecular complexity index is 1110. The van der Waals surface area contributed by atoms with E-state index in [0.29, 0.717) is 16.2 Å². The van der Waals surface area contributed by atoms with Gasteiger partial charge in [-0.1, -0.05) is 0 Å². The second-order valence-corrected chi connectivity index (χ2v) is 8.45. The highest BCUT2D eigenvalue weighted by atomic mass is 32.1. The first-order valence-corrected chi connectivity index (χ1v) is 10.7. The zero-order valence-corrected chi connectivity index (χ0v) is 18.2. The zero-order valence-electron chi connectivity index (χ0n) is 17.4. The predicted octanol–water partition coefficient (Wildman–Crippen LogP) is 4.53. The van der Waals surface area contributed by atoms with Crippen molar-refractivity contribution in [2.24, 2.45) is 0 Å². The van der Waals surface area contributed by atoms with E-state index in [9.17, 15) is 18.0 Å². The van der Waals surface area contributed by atoms with Gasteiger partial charge in [0.2, 0.25) is 6.41 Å². The van der Waals surface area contributed by atoms with Gasteiger partial charge in [0.15, 0.2) is 0 Å². The number of carbonyl (C=O) groups is 1. The van der Waals surface area contributed by atoms with E-state index in [-0.39, 0.29) is 6.41 Å². The van der Waals surface area contributed by atoms with Crippen LogP contribution in [0.4, 0.5) is 30.4 Å². The predicted molar refractivity (Wildman–Crippen MR) is 121 cm³/mol. The van der Waals surface area contributed by atoms with Crippen molar-refractivity contribution in [3.63, 3.8) is 0 Å². The molecule has 11 heteroatoms. The van der Waals surface area contributed by atoms with Gasteiger partial charge in [-0.3, -0.25) is 4.79 Å². The van der Waals surface area contributed by atoms with Crippen LogP contribution in [-0.2, 0) is 17.6 Å². The van der Waals surface area contributed by atoms with Crippen LogP contribution in [0, 0.1) is 5.41 Å². The Kier molecular flexibility index (Phi) is 7.29. The Morgan fingerprint density at radius 1 is 1.28 bits per heavy atom. The Morgan fingerprint density at radius 2 is 2.03 bits per heavy atom. The smallest absolute Gasteiger partial charge is 0.398 e. The minimum absolute atomic E-state index is 0.132. The molecule has 170 valence electrons. The minimum Gasteiger partial charge on any atom is -0.398 e. The largest absolute Gasteiger partial charge is 0.405 e. The Hall–Kier alpha value is -3.21. The molecule has 0 radical (unpaired) electrons. The summed E-state index contributed by atoms with van der Waals surface area (Å²) in [5, 5.41) is 12.0. The summed E-state index contributed by atoms with van der Waals surface area (Å²) in [6.45, 7) is -1.18. The van der Waals surface area contributed by atoms with E-state index in [1.807, 2.05) is 18.2 Å². The number of halogens is 3. The number of nitrogens with one attached hydrogen (secondary N) is 2. The average molecular weight is 465 g/mol. The maximum absolute atomic E-state index is 11.3. The van der Waals surface area contributed by atoms with Crippen LogP contribution in [0.1, 0.15) is 28.8 Å². The number of hydrogen-bond donors (Lipinski definition) is 3. The molecular weight excluding hydrogens is 441 g/mol. The fourth-order valence-electron chi connectivity index (χ4n) is 3.42. The number of rotatable bonds is 5. The van der Waals surface area contributed by atoms with Gasteiger partial charge < -0.3 is 21.4 Å². The van der Waals surface area contributed by atoms with Crippen LogP contribution in [0.25, 0.3) is 10.2 Å². The molecule has 0 spiro atoms. The van der Waals surface area contributed by atoms with Crippen molar-refractivity contribution >= 4 is 51.4 Å². The van der Waals surface area contributed by atoms with E-state index in [2.05, 4.69) is 15.3 Å². The van der Waals surface area contributed by atoms with Crippen molar-refractivity contribution in [1.29, 1.82) is 5.41 Å². The summed E-state index contributed by atoms with van der Waals surface area (Å²) < 4.78 is 33.9. The molecule has 0 atom stereocenters. The first kappa shape index (κ1) is 23.5. The summed E-state index contributed by atoms with van der Waals surface area (Å²) in [7, 11) is 1.07. The van der Waals surface area contributed by atoms with Crippen LogP contribution < -0.4 is 11.1 Å². The maximum atomic E-state index is 11.3. The number of thiophene rings is 1. The molecule has 4 N–H and O–H groups in total. The van der Waals surface area contributed by atoms with Crippen molar-refractivity contribution < 1.29 is 18.0 Å². The van der Waals surface area contributed by atoms with E-state index >= 15 is 0 Å². The second-order valence-electron chi connectivity index (χ2n) is 7.36. The molecule has 2 heterocycles. The first-order chi connectivity index (χ1) is 15.2. The van der Waals surface area contributed by atoms with Crippen LogP contribution in [0.5, 0.6) is 0 Å². The monoisotopic (exact) mass is 464 g/mol. The van der Waals surface area contributed by atoms with Gasteiger partial charge in [0, 0.05) is 35.1 Å². The van der Waals surface area contributed by atoms with E-state index in [4.69, 9.17) is 11.1 Å². The molecular formula is C21H23F3N6OS. The fourth-order valence-corrected chi connectivity index (χ4v) is 4.65. The van der Waals surface area contributed by atoms with Crippen LogP contribution in [0.2, 0.25) is 0 Å². The molecule has 0 unspecified atom stereocenters. The summed E-state index contributed by atoms with van der Waals surface area (Å²) >= 11 is 1.79. The molecule has 32 heavy (non-hydrogen) atoms. The molecule has 0 bridgehead atoms. The van der Waals surface area contributed by atoms with Gasteiger partial charge in [0.05, 0.1) is 5.39 Å². The van der Waals surface area contributed by atoms with Crippen molar-refractivity contribution in [2.75, 3.05) is 24.6 Å². The average Bonchev–Trinajstić information content (AvgIpc) is 3.14. The number of fused-ring (bicyclic) bond motifs is 3. The van der Waals surface area contributed by atoms with E-state index in [0.717, 1.165) is 41.6 Å². The van der Waals surface area contributed by atoms with Crippen LogP contribution >= 0.6 is 11.3 Å².